The van der Waals surface area contributed by atoms with E-state index in [1.807, 2.05) is 25.3 Å². The summed E-state index contributed by atoms with van der Waals surface area (Å²) in [6.07, 6.45) is 4.92. The molecule has 166 valence electrons. The fraction of sp³-hybridized carbons (Fsp3) is 0.400. The van der Waals surface area contributed by atoms with E-state index in [9.17, 15) is 9.59 Å². The average molecular weight is 432 g/mol. The number of hydrogen-bond acceptors (Lipinski definition) is 5. The minimum absolute atomic E-state index is 0.0147. The Balaban J connectivity index is 1.30. The Morgan fingerprint density at radius 2 is 2.00 bits per heavy atom. The number of anilines is 1. The first-order chi connectivity index (χ1) is 15.6. The van der Waals surface area contributed by atoms with Gasteiger partial charge in [0.25, 0.3) is 11.5 Å². The van der Waals surface area contributed by atoms with Gasteiger partial charge in [-0.25, -0.2) is 4.98 Å². The minimum atomic E-state index is -0.162. The van der Waals surface area contributed by atoms with Crippen LogP contribution in [0.4, 0.5) is 5.69 Å². The second kappa shape index (κ2) is 8.39. The van der Waals surface area contributed by atoms with Crippen LogP contribution in [0.5, 0.6) is 0 Å². The molecule has 5 rings (SSSR count). The summed E-state index contributed by atoms with van der Waals surface area (Å²) < 4.78 is 0. The summed E-state index contributed by atoms with van der Waals surface area (Å²) in [5.74, 6) is -0.162. The molecule has 1 saturated carbocycles. The predicted molar refractivity (Wildman–Crippen MR) is 126 cm³/mol. The highest BCUT2D eigenvalue weighted by Crippen LogP contribution is 2.37. The maximum absolute atomic E-state index is 12.2. The van der Waals surface area contributed by atoms with Crippen molar-refractivity contribution in [1.82, 2.24) is 20.2 Å². The van der Waals surface area contributed by atoms with Crippen LogP contribution in [-0.2, 0) is 13.0 Å². The van der Waals surface area contributed by atoms with E-state index in [1.165, 1.54) is 18.4 Å². The van der Waals surface area contributed by atoms with Crippen molar-refractivity contribution in [3.05, 3.63) is 69.8 Å². The number of amides is 1. The van der Waals surface area contributed by atoms with Gasteiger partial charge in [-0.2, -0.15) is 0 Å². The molecule has 1 saturated heterocycles. The van der Waals surface area contributed by atoms with Gasteiger partial charge < -0.3 is 15.2 Å². The number of aryl methyl sites for hydroxylation is 1. The third-order valence-electron chi connectivity index (χ3n) is 6.99. The summed E-state index contributed by atoms with van der Waals surface area (Å²) >= 11 is 0. The minimum Gasteiger partial charge on any atom is -0.364 e. The second-order valence-corrected chi connectivity index (χ2v) is 8.76. The fourth-order valence-electron chi connectivity index (χ4n) is 5.05. The van der Waals surface area contributed by atoms with Crippen molar-refractivity contribution in [3.8, 4) is 0 Å². The molecule has 2 N–H and O–H groups in total. The quantitative estimate of drug-likeness (QED) is 0.649. The zero-order valence-corrected chi connectivity index (χ0v) is 18.6. The van der Waals surface area contributed by atoms with Crippen molar-refractivity contribution in [3.63, 3.8) is 0 Å². The summed E-state index contributed by atoms with van der Waals surface area (Å²) in [6, 6.07) is 13.2. The molecular formula is C25H29N5O2. The lowest BCUT2D eigenvalue weighted by Crippen LogP contribution is -2.64. The molecule has 3 heterocycles. The van der Waals surface area contributed by atoms with Crippen molar-refractivity contribution in [2.75, 3.05) is 25.0 Å². The van der Waals surface area contributed by atoms with Crippen LogP contribution in [0.25, 0.3) is 10.9 Å². The van der Waals surface area contributed by atoms with E-state index in [0.717, 1.165) is 48.2 Å². The molecule has 2 aromatic heterocycles. The molecule has 0 radical (unpaired) electrons. The highest BCUT2D eigenvalue weighted by atomic mass is 16.1. The van der Waals surface area contributed by atoms with E-state index in [2.05, 4.69) is 43.3 Å². The van der Waals surface area contributed by atoms with Gasteiger partial charge in [-0.05, 0) is 54.5 Å². The van der Waals surface area contributed by atoms with Crippen LogP contribution in [0.1, 0.15) is 41.4 Å². The molecule has 0 unspecified atom stereocenters. The van der Waals surface area contributed by atoms with Gasteiger partial charge in [0.2, 0.25) is 0 Å². The number of H-pyrrole nitrogens is 1. The van der Waals surface area contributed by atoms with E-state index in [1.54, 1.807) is 13.1 Å². The number of nitrogens with zero attached hydrogens (tertiary/aromatic N) is 3. The number of carbonyl (C=O) groups is 1. The first-order valence-corrected chi connectivity index (χ1v) is 11.4. The standard InChI is InChI=1S/C25H29N5O2/c1-3-17-13-18-5-4-16(12-21(18)28-24(17)31)15-29-10-11-30(23-9-8-22(23)29)19-6-7-20(27-14-19)25(32)26-2/h4-7,12-14,22-23H,3,8-11,15H2,1-2H3,(H,26,32)(H,28,31)/t22-,23+/m1/s1. The van der Waals surface area contributed by atoms with Crippen LogP contribution in [0.2, 0.25) is 0 Å². The van der Waals surface area contributed by atoms with Gasteiger partial charge in [-0.3, -0.25) is 14.5 Å². The number of nitrogens with one attached hydrogen (secondary N) is 2. The lowest BCUT2D eigenvalue weighted by atomic mass is 9.81. The normalized spacial score (nSPS) is 20.6. The Kier molecular flexibility index (Phi) is 5.43. The monoisotopic (exact) mass is 431 g/mol. The number of rotatable bonds is 5. The molecule has 1 amide bonds. The molecule has 1 aliphatic carbocycles. The molecule has 2 atom stereocenters. The molecule has 3 aromatic rings. The molecule has 32 heavy (non-hydrogen) atoms. The van der Waals surface area contributed by atoms with Crippen molar-refractivity contribution < 1.29 is 4.79 Å². The molecular weight excluding hydrogens is 402 g/mol. The van der Waals surface area contributed by atoms with E-state index in [-0.39, 0.29) is 11.5 Å². The Bertz CT molecular complexity index is 1200. The predicted octanol–water partition coefficient (Wildman–Crippen LogP) is 2.70. The first kappa shape index (κ1) is 20.7. The van der Waals surface area contributed by atoms with E-state index in [0.29, 0.717) is 17.8 Å². The summed E-state index contributed by atoms with van der Waals surface area (Å²) in [5, 5.41) is 3.70. The highest BCUT2D eigenvalue weighted by molar-refractivity contribution is 5.92. The van der Waals surface area contributed by atoms with Crippen molar-refractivity contribution >= 4 is 22.5 Å². The van der Waals surface area contributed by atoms with Crippen LogP contribution in [0.3, 0.4) is 0 Å². The lowest BCUT2D eigenvalue weighted by Gasteiger charge is -2.54. The molecule has 7 nitrogen and oxygen atoms in total. The van der Waals surface area contributed by atoms with Crippen LogP contribution in [-0.4, -0.2) is 53.0 Å². The van der Waals surface area contributed by atoms with Gasteiger partial charge in [-0.1, -0.05) is 19.1 Å². The van der Waals surface area contributed by atoms with E-state index in [4.69, 9.17) is 0 Å². The van der Waals surface area contributed by atoms with Gasteiger partial charge >= 0.3 is 0 Å². The summed E-state index contributed by atoms with van der Waals surface area (Å²) in [5.41, 5.74) is 4.52. The van der Waals surface area contributed by atoms with Gasteiger partial charge in [0.05, 0.1) is 11.9 Å². The largest absolute Gasteiger partial charge is 0.364 e. The Hall–Kier alpha value is -3.19. The topological polar surface area (TPSA) is 81.3 Å². The van der Waals surface area contributed by atoms with E-state index >= 15 is 0 Å². The Labute approximate surface area is 187 Å². The Morgan fingerprint density at radius 1 is 1.16 bits per heavy atom. The van der Waals surface area contributed by atoms with Gasteiger partial charge in [0, 0.05) is 49.8 Å². The highest BCUT2D eigenvalue weighted by Gasteiger charge is 2.42. The number of hydrogen-bond donors (Lipinski definition) is 2. The SMILES string of the molecule is CCc1cc2ccc(CN3CCN(c4ccc(C(=O)NC)nc4)[C@H]4CC[C@H]43)cc2[nH]c1=O. The molecule has 7 heteroatoms. The van der Waals surface area contributed by atoms with Crippen molar-refractivity contribution in [2.45, 2.75) is 44.8 Å². The molecule has 1 aromatic carbocycles. The Morgan fingerprint density at radius 3 is 2.69 bits per heavy atom. The summed E-state index contributed by atoms with van der Waals surface area (Å²) in [6.45, 7) is 4.80. The molecule has 2 aliphatic rings. The number of carbonyl (C=O) groups excluding carboxylic acids is 1. The fourth-order valence-corrected chi connectivity index (χ4v) is 5.05. The number of fused-ring (bicyclic) bond motifs is 2. The van der Waals surface area contributed by atoms with Gasteiger partial charge in [-0.15, -0.1) is 0 Å². The smallest absolute Gasteiger partial charge is 0.269 e. The van der Waals surface area contributed by atoms with Crippen LogP contribution < -0.4 is 15.8 Å². The lowest BCUT2D eigenvalue weighted by molar-refractivity contribution is 0.0659. The molecule has 2 fully saturated rings. The number of aromatic amines is 1. The van der Waals surface area contributed by atoms with Gasteiger partial charge in [0.1, 0.15) is 5.69 Å². The van der Waals surface area contributed by atoms with Crippen LogP contribution >= 0.6 is 0 Å². The number of aromatic nitrogens is 2. The van der Waals surface area contributed by atoms with Crippen molar-refractivity contribution in [1.29, 1.82) is 0 Å². The van der Waals surface area contributed by atoms with E-state index < -0.39 is 0 Å². The average Bonchev–Trinajstić information content (AvgIpc) is 2.79. The van der Waals surface area contributed by atoms with Crippen molar-refractivity contribution in [2.24, 2.45) is 0 Å². The first-order valence-electron chi connectivity index (χ1n) is 11.4. The zero-order chi connectivity index (χ0) is 22.2. The summed E-state index contributed by atoms with van der Waals surface area (Å²) in [7, 11) is 1.62. The third-order valence-corrected chi connectivity index (χ3v) is 6.99. The van der Waals surface area contributed by atoms with Gasteiger partial charge in [0.15, 0.2) is 0 Å². The van der Waals surface area contributed by atoms with Crippen LogP contribution in [0, 0.1) is 0 Å². The molecule has 0 bridgehead atoms. The number of piperazine rings is 1. The molecule has 1 aliphatic heterocycles. The molecule has 0 spiro atoms. The zero-order valence-electron chi connectivity index (χ0n) is 18.6. The maximum Gasteiger partial charge on any atom is 0.269 e. The number of benzene rings is 1. The summed E-state index contributed by atoms with van der Waals surface area (Å²) in [4.78, 5) is 36.4. The second-order valence-electron chi connectivity index (χ2n) is 8.76. The third kappa shape index (κ3) is 3.66. The number of pyridine rings is 2. The van der Waals surface area contributed by atoms with Crippen LogP contribution in [0.15, 0.2) is 47.4 Å². The maximum atomic E-state index is 12.2.